The molecule has 18 heavy (non-hydrogen) atoms. The summed E-state index contributed by atoms with van der Waals surface area (Å²) in [6, 6.07) is 5.06. The van der Waals surface area contributed by atoms with Crippen molar-refractivity contribution in [2.24, 2.45) is 0 Å². The quantitative estimate of drug-likeness (QED) is 0.512. The van der Waals surface area contributed by atoms with Crippen molar-refractivity contribution in [1.82, 2.24) is 0 Å². The lowest BCUT2D eigenvalue weighted by Crippen LogP contribution is -2.08. The van der Waals surface area contributed by atoms with E-state index >= 15 is 0 Å². The average Bonchev–Trinajstić information content (AvgIpc) is 2.38. The van der Waals surface area contributed by atoms with Gasteiger partial charge in [0, 0.05) is 17.1 Å². The van der Waals surface area contributed by atoms with Crippen molar-refractivity contribution in [3.63, 3.8) is 0 Å². The highest BCUT2D eigenvalue weighted by Gasteiger charge is 2.17. The standard InChI is InChI=1S/C13H18N2O2S/c14-13-10(5-4-8-12(13)15(16)17)9-18-11-6-2-1-3-7-11/h4-5,8,11H,1-3,6-7,9,14H2. The molecule has 1 aromatic carbocycles. The second-order valence-corrected chi connectivity index (χ2v) is 5.97. The summed E-state index contributed by atoms with van der Waals surface area (Å²) >= 11 is 1.88. The molecule has 0 aliphatic heterocycles. The number of thioether (sulfide) groups is 1. The molecule has 98 valence electrons. The van der Waals surface area contributed by atoms with Crippen molar-refractivity contribution in [3.05, 3.63) is 33.9 Å². The Morgan fingerprint density at radius 2 is 2.06 bits per heavy atom. The Morgan fingerprint density at radius 1 is 1.33 bits per heavy atom. The summed E-state index contributed by atoms with van der Waals surface area (Å²) in [6.07, 6.45) is 6.49. The Hall–Kier alpha value is -1.23. The first kappa shape index (κ1) is 13.2. The minimum Gasteiger partial charge on any atom is -0.393 e. The van der Waals surface area contributed by atoms with Crippen LogP contribution in [0.4, 0.5) is 11.4 Å². The van der Waals surface area contributed by atoms with Crippen LogP contribution in [0.1, 0.15) is 37.7 Å². The number of anilines is 1. The van der Waals surface area contributed by atoms with E-state index in [1.807, 2.05) is 17.8 Å². The van der Waals surface area contributed by atoms with Crippen molar-refractivity contribution in [3.8, 4) is 0 Å². The van der Waals surface area contributed by atoms with Gasteiger partial charge in [0.1, 0.15) is 5.69 Å². The van der Waals surface area contributed by atoms with Gasteiger partial charge in [-0.3, -0.25) is 10.1 Å². The van der Waals surface area contributed by atoms with Gasteiger partial charge >= 0.3 is 0 Å². The molecule has 0 bridgehead atoms. The number of nitrogen functional groups attached to an aromatic ring is 1. The molecule has 4 nitrogen and oxygen atoms in total. The van der Waals surface area contributed by atoms with Crippen LogP contribution in [0.2, 0.25) is 0 Å². The number of nitrogens with zero attached hydrogens (tertiary/aromatic N) is 1. The largest absolute Gasteiger partial charge is 0.393 e. The summed E-state index contributed by atoms with van der Waals surface area (Å²) in [7, 11) is 0. The average molecular weight is 266 g/mol. The van der Waals surface area contributed by atoms with E-state index in [2.05, 4.69) is 0 Å². The monoisotopic (exact) mass is 266 g/mol. The summed E-state index contributed by atoms with van der Waals surface area (Å²) in [6.45, 7) is 0. The third-order valence-corrected chi connectivity index (χ3v) is 4.82. The summed E-state index contributed by atoms with van der Waals surface area (Å²) in [4.78, 5) is 10.4. The maximum absolute atomic E-state index is 10.8. The molecule has 0 atom stereocenters. The van der Waals surface area contributed by atoms with Gasteiger partial charge in [0.2, 0.25) is 0 Å². The van der Waals surface area contributed by atoms with E-state index in [1.165, 1.54) is 38.2 Å². The summed E-state index contributed by atoms with van der Waals surface area (Å²) in [5.41, 5.74) is 7.08. The van der Waals surface area contributed by atoms with E-state index < -0.39 is 4.92 Å². The number of benzene rings is 1. The van der Waals surface area contributed by atoms with Gasteiger partial charge in [0.25, 0.3) is 5.69 Å². The number of hydrogen-bond acceptors (Lipinski definition) is 4. The maximum Gasteiger partial charge on any atom is 0.292 e. The van der Waals surface area contributed by atoms with Crippen LogP contribution in [0.15, 0.2) is 18.2 Å². The lowest BCUT2D eigenvalue weighted by Gasteiger charge is -2.21. The first-order valence-corrected chi connectivity index (χ1v) is 7.36. The fraction of sp³-hybridized carbons (Fsp3) is 0.538. The molecule has 5 heteroatoms. The van der Waals surface area contributed by atoms with Crippen LogP contribution < -0.4 is 5.73 Å². The molecular weight excluding hydrogens is 248 g/mol. The topological polar surface area (TPSA) is 69.2 Å². The molecule has 0 aromatic heterocycles. The van der Waals surface area contributed by atoms with Crippen LogP contribution in [-0.4, -0.2) is 10.2 Å². The number of para-hydroxylation sites is 1. The molecule has 1 aliphatic rings. The fourth-order valence-corrected chi connectivity index (χ4v) is 3.66. The Morgan fingerprint density at radius 3 is 2.72 bits per heavy atom. The first-order valence-electron chi connectivity index (χ1n) is 6.32. The first-order chi connectivity index (χ1) is 8.68. The summed E-state index contributed by atoms with van der Waals surface area (Å²) in [5.74, 6) is 0.776. The highest BCUT2D eigenvalue weighted by molar-refractivity contribution is 7.99. The lowest BCUT2D eigenvalue weighted by atomic mass is 10.0. The van der Waals surface area contributed by atoms with E-state index in [9.17, 15) is 10.1 Å². The normalized spacial score (nSPS) is 16.7. The minimum absolute atomic E-state index is 0.0248. The van der Waals surface area contributed by atoms with E-state index in [4.69, 9.17) is 5.73 Å². The number of nitro groups is 1. The van der Waals surface area contributed by atoms with Crippen LogP contribution in [-0.2, 0) is 5.75 Å². The number of hydrogen-bond donors (Lipinski definition) is 1. The third kappa shape index (κ3) is 3.16. The molecule has 1 fully saturated rings. The molecule has 2 rings (SSSR count). The Bertz CT molecular complexity index is 431. The van der Waals surface area contributed by atoms with Gasteiger partial charge in [-0.25, -0.2) is 0 Å². The van der Waals surface area contributed by atoms with Crippen LogP contribution in [0.25, 0.3) is 0 Å². The number of nitrogens with two attached hydrogens (primary N) is 1. The van der Waals surface area contributed by atoms with E-state index in [1.54, 1.807) is 6.07 Å². The molecule has 1 aromatic rings. The molecule has 1 saturated carbocycles. The third-order valence-electron chi connectivity index (χ3n) is 3.40. The number of rotatable bonds is 4. The molecule has 0 saturated heterocycles. The summed E-state index contributed by atoms with van der Waals surface area (Å²) in [5, 5.41) is 11.5. The van der Waals surface area contributed by atoms with Crippen LogP contribution in [0.5, 0.6) is 0 Å². The smallest absolute Gasteiger partial charge is 0.292 e. The predicted molar refractivity (Wildman–Crippen MR) is 75.7 cm³/mol. The summed E-state index contributed by atoms with van der Waals surface area (Å²) < 4.78 is 0. The zero-order valence-electron chi connectivity index (χ0n) is 10.3. The molecule has 0 unspecified atom stereocenters. The van der Waals surface area contributed by atoms with Gasteiger partial charge in [0.05, 0.1) is 4.92 Å². The van der Waals surface area contributed by atoms with E-state index in [0.717, 1.165) is 11.3 Å². The van der Waals surface area contributed by atoms with E-state index in [-0.39, 0.29) is 5.69 Å². The molecule has 0 amide bonds. The second-order valence-electron chi connectivity index (χ2n) is 4.68. The van der Waals surface area contributed by atoms with Crippen LogP contribution >= 0.6 is 11.8 Å². The van der Waals surface area contributed by atoms with Crippen LogP contribution in [0.3, 0.4) is 0 Å². The SMILES string of the molecule is Nc1c(CSC2CCCCC2)cccc1[N+](=O)[O-]. The van der Waals surface area contributed by atoms with Gasteiger partial charge in [-0.15, -0.1) is 0 Å². The molecule has 1 aliphatic carbocycles. The van der Waals surface area contributed by atoms with Gasteiger partial charge in [-0.2, -0.15) is 11.8 Å². The fourth-order valence-electron chi connectivity index (χ4n) is 2.32. The second kappa shape index (κ2) is 6.09. The zero-order valence-corrected chi connectivity index (χ0v) is 11.1. The maximum atomic E-state index is 10.8. The highest BCUT2D eigenvalue weighted by atomic mass is 32.2. The zero-order chi connectivity index (χ0) is 13.0. The van der Waals surface area contributed by atoms with Crippen molar-refractivity contribution in [1.29, 1.82) is 0 Å². The lowest BCUT2D eigenvalue weighted by molar-refractivity contribution is -0.383. The van der Waals surface area contributed by atoms with Crippen molar-refractivity contribution >= 4 is 23.1 Å². The molecular formula is C13H18N2O2S. The Balaban J connectivity index is 2.00. The minimum atomic E-state index is -0.413. The molecule has 0 radical (unpaired) electrons. The van der Waals surface area contributed by atoms with Gasteiger partial charge in [-0.1, -0.05) is 31.4 Å². The van der Waals surface area contributed by atoms with Crippen LogP contribution in [0, 0.1) is 10.1 Å². The molecule has 2 N–H and O–H groups in total. The van der Waals surface area contributed by atoms with E-state index in [0.29, 0.717) is 10.9 Å². The van der Waals surface area contributed by atoms with Crippen molar-refractivity contribution in [2.75, 3.05) is 5.73 Å². The number of nitro benzene ring substituents is 1. The molecule has 0 spiro atoms. The van der Waals surface area contributed by atoms with Gasteiger partial charge < -0.3 is 5.73 Å². The predicted octanol–water partition coefficient (Wildman–Crippen LogP) is 3.74. The van der Waals surface area contributed by atoms with Gasteiger partial charge in [-0.05, 0) is 18.4 Å². The van der Waals surface area contributed by atoms with Crippen molar-refractivity contribution in [2.45, 2.75) is 43.1 Å². The van der Waals surface area contributed by atoms with Gasteiger partial charge in [0.15, 0.2) is 0 Å². The Kier molecular flexibility index (Phi) is 4.47. The Labute approximate surface area is 111 Å². The highest BCUT2D eigenvalue weighted by Crippen LogP contribution is 2.33. The van der Waals surface area contributed by atoms with Crippen molar-refractivity contribution < 1.29 is 4.92 Å². The molecule has 0 heterocycles.